The van der Waals surface area contributed by atoms with Gasteiger partial charge in [0.15, 0.2) is 5.58 Å². The van der Waals surface area contributed by atoms with Crippen molar-refractivity contribution < 1.29 is 13.9 Å². The molecule has 0 saturated heterocycles. The smallest absolute Gasteiger partial charge is 0.319 e. The Kier molecular flexibility index (Phi) is 3.76. The van der Waals surface area contributed by atoms with E-state index in [0.29, 0.717) is 23.1 Å². The average Bonchev–Trinajstić information content (AvgIpc) is 2.70. The molecule has 2 aromatic rings. The van der Waals surface area contributed by atoms with Crippen LogP contribution in [0, 0.1) is 0 Å². The van der Waals surface area contributed by atoms with Crippen LogP contribution in [0.15, 0.2) is 27.8 Å². The van der Waals surface area contributed by atoms with Gasteiger partial charge < -0.3 is 14.9 Å². The maximum Gasteiger partial charge on any atom is 0.319 e. The van der Waals surface area contributed by atoms with Crippen molar-refractivity contribution >= 4 is 34.5 Å². The van der Waals surface area contributed by atoms with Gasteiger partial charge in [0.05, 0.1) is 6.61 Å². The number of anilines is 1. The third-order valence-corrected chi connectivity index (χ3v) is 3.21. The quantitative estimate of drug-likeness (QED) is 0.520. The van der Waals surface area contributed by atoms with Gasteiger partial charge in [-0.2, -0.15) is 0 Å². The lowest BCUT2D eigenvalue weighted by molar-refractivity contribution is -0.142. The number of carbonyl (C=O) groups is 1. The lowest BCUT2D eigenvalue weighted by Crippen LogP contribution is -2.16. The fourth-order valence-electron chi connectivity index (χ4n) is 1.43. The number of thioether (sulfide) groups is 1. The van der Waals surface area contributed by atoms with Crippen molar-refractivity contribution in [2.24, 2.45) is 0 Å². The highest BCUT2D eigenvalue weighted by atomic mass is 32.2. The van der Waals surface area contributed by atoms with Gasteiger partial charge in [-0.25, -0.2) is 4.98 Å². The van der Waals surface area contributed by atoms with Crippen molar-refractivity contribution in [3.05, 3.63) is 18.2 Å². The highest BCUT2D eigenvalue weighted by molar-refractivity contribution is 8.00. The molecule has 0 amide bonds. The molecule has 1 heterocycles. The van der Waals surface area contributed by atoms with E-state index in [0.717, 1.165) is 5.52 Å². The third-order valence-electron chi connectivity index (χ3n) is 2.29. The van der Waals surface area contributed by atoms with E-state index in [1.54, 1.807) is 32.0 Å². The number of esters is 1. The zero-order chi connectivity index (χ0) is 13.1. The minimum Gasteiger partial charge on any atom is -0.465 e. The molecule has 0 aliphatic heterocycles. The number of ether oxygens (including phenoxy) is 1. The third kappa shape index (κ3) is 2.76. The summed E-state index contributed by atoms with van der Waals surface area (Å²) in [6.45, 7) is 3.90. The minimum atomic E-state index is -0.352. The van der Waals surface area contributed by atoms with Crippen LogP contribution in [0.5, 0.6) is 0 Å². The molecule has 0 aliphatic rings. The molecule has 2 rings (SSSR count). The predicted molar refractivity (Wildman–Crippen MR) is 70.4 cm³/mol. The molecule has 5 nitrogen and oxygen atoms in total. The maximum absolute atomic E-state index is 11.5. The SMILES string of the molecule is CCOC(=O)C(C)Sc1nc2ccc(N)cc2o1. The van der Waals surface area contributed by atoms with Crippen LogP contribution in [-0.2, 0) is 9.53 Å². The normalized spacial score (nSPS) is 12.6. The molecule has 1 aromatic carbocycles. The number of benzene rings is 1. The topological polar surface area (TPSA) is 78.3 Å². The summed E-state index contributed by atoms with van der Waals surface area (Å²) in [6.07, 6.45) is 0. The van der Waals surface area contributed by atoms with Gasteiger partial charge in [-0.1, -0.05) is 11.8 Å². The van der Waals surface area contributed by atoms with Gasteiger partial charge in [0.25, 0.3) is 5.22 Å². The van der Waals surface area contributed by atoms with Crippen LogP contribution in [0.4, 0.5) is 5.69 Å². The Morgan fingerprint density at radius 3 is 3.11 bits per heavy atom. The molecular formula is C12H14N2O3S. The summed E-state index contributed by atoms with van der Waals surface area (Å²) in [6, 6.07) is 5.25. The Bertz CT molecular complexity index is 567. The molecule has 0 bridgehead atoms. The molecule has 1 atom stereocenters. The van der Waals surface area contributed by atoms with E-state index < -0.39 is 0 Å². The summed E-state index contributed by atoms with van der Waals surface area (Å²) >= 11 is 1.23. The van der Waals surface area contributed by atoms with Crippen molar-refractivity contribution in [1.82, 2.24) is 4.98 Å². The predicted octanol–water partition coefficient (Wildman–Crippen LogP) is 2.45. The first-order valence-corrected chi connectivity index (χ1v) is 6.47. The highest BCUT2D eigenvalue weighted by Gasteiger charge is 2.18. The molecule has 0 fully saturated rings. The van der Waals surface area contributed by atoms with Gasteiger partial charge in [-0.15, -0.1) is 0 Å². The fourth-order valence-corrected chi connectivity index (χ4v) is 2.19. The number of nitrogens with two attached hydrogens (primary N) is 1. The van der Waals surface area contributed by atoms with Crippen molar-refractivity contribution in [1.29, 1.82) is 0 Å². The Morgan fingerprint density at radius 1 is 1.61 bits per heavy atom. The van der Waals surface area contributed by atoms with Crippen molar-refractivity contribution in [2.75, 3.05) is 12.3 Å². The van der Waals surface area contributed by atoms with Crippen LogP contribution in [-0.4, -0.2) is 22.8 Å². The number of fused-ring (bicyclic) bond motifs is 1. The van der Waals surface area contributed by atoms with E-state index in [9.17, 15) is 4.79 Å². The first kappa shape index (κ1) is 12.8. The van der Waals surface area contributed by atoms with E-state index >= 15 is 0 Å². The zero-order valence-electron chi connectivity index (χ0n) is 10.2. The molecule has 96 valence electrons. The lowest BCUT2D eigenvalue weighted by atomic mass is 10.3. The summed E-state index contributed by atoms with van der Waals surface area (Å²) in [5.41, 5.74) is 7.62. The number of oxazole rings is 1. The molecule has 6 heteroatoms. The van der Waals surface area contributed by atoms with Crippen LogP contribution in [0.25, 0.3) is 11.1 Å². The Morgan fingerprint density at radius 2 is 2.39 bits per heavy atom. The number of nitrogen functional groups attached to an aromatic ring is 1. The summed E-state index contributed by atoms with van der Waals surface area (Å²) in [7, 11) is 0. The number of nitrogens with zero attached hydrogens (tertiary/aromatic N) is 1. The maximum atomic E-state index is 11.5. The first-order chi connectivity index (χ1) is 8.60. The largest absolute Gasteiger partial charge is 0.465 e. The van der Waals surface area contributed by atoms with E-state index in [1.807, 2.05) is 0 Å². The van der Waals surface area contributed by atoms with Gasteiger partial charge in [-0.05, 0) is 26.0 Å². The Labute approximate surface area is 109 Å². The van der Waals surface area contributed by atoms with Gasteiger partial charge in [0.1, 0.15) is 10.8 Å². The van der Waals surface area contributed by atoms with Gasteiger partial charge in [0.2, 0.25) is 0 Å². The average molecular weight is 266 g/mol. The second-order valence-corrected chi connectivity index (χ2v) is 5.01. The second kappa shape index (κ2) is 5.30. The summed E-state index contributed by atoms with van der Waals surface area (Å²) in [5.74, 6) is -0.274. The van der Waals surface area contributed by atoms with E-state index in [2.05, 4.69) is 4.98 Å². The fraction of sp³-hybridized carbons (Fsp3) is 0.333. The highest BCUT2D eigenvalue weighted by Crippen LogP contribution is 2.28. The molecular weight excluding hydrogens is 252 g/mol. The van der Waals surface area contributed by atoms with E-state index in [-0.39, 0.29) is 11.2 Å². The van der Waals surface area contributed by atoms with E-state index in [1.165, 1.54) is 11.8 Å². The number of carbonyl (C=O) groups excluding carboxylic acids is 1. The van der Waals surface area contributed by atoms with Crippen LogP contribution in [0.1, 0.15) is 13.8 Å². The van der Waals surface area contributed by atoms with Gasteiger partial charge >= 0.3 is 5.97 Å². The molecule has 18 heavy (non-hydrogen) atoms. The van der Waals surface area contributed by atoms with Gasteiger partial charge in [-0.3, -0.25) is 4.79 Å². The van der Waals surface area contributed by atoms with Crippen molar-refractivity contribution in [2.45, 2.75) is 24.3 Å². The van der Waals surface area contributed by atoms with Crippen LogP contribution in [0.3, 0.4) is 0 Å². The Balaban J connectivity index is 2.14. The monoisotopic (exact) mass is 266 g/mol. The van der Waals surface area contributed by atoms with Crippen LogP contribution in [0.2, 0.25) is 0 Å². The molecule has 0 aliphatic carbocycles. The standard InChI is InChI=1S/C12H14N2O3S/c1-3-16-11(15)7(2)18-12-14-9-5-4-8(13)6-10(9)17-12/h4-7H,3,13H2,1-2H3. The number of hydrogen-bond donors (Lipinski definition) is 1. The molecule has 0 radical (unpaired) electrons. The van der Waals surface area contributed by atoms with Crippen LogP contribution < -0.4 is 5.73 Å². The minimum absolute atomic E-state index is 0.274. The van der Waals surface area contributed by atoms with Crippen LogP contribution >= 0.6 is 11.8 Å². The second-order valence-electron chi connectivity index (χ2n) is 3.72. The van der Waals surface area contributed by atoms with Crippen molar-refractivity contribution in [3.63, 3.8) is 0 Å². The zero-order valence-corrected chi connectivity index (χ0v) is 11.0. The molecule has 1 unspecified atom stereocenters. The first-order valence-electron chi connectivity index (χ1n) is 5.59. The number of aromatic nitrogens is 1. The van der Waals surface area contributed by atoms with E-state index in [4.69, 9.17) is 14.9 Å². The molecule has 0 saturated carbocycles. The molecule has 0 spiro atoms. The lowest BCUT2D eigenvalue weighted by Gasteiger charge is -2.06. The summed E-state index contributed by atoms with van der Waals surface area (Å²) < 4.78 is 10.4. The molecule has 1 aromatic heterocycles. The van der Waals surface area contributed by atoms with Gasteiger partial charge in [0, 0.05) is 11.8 Å². The number of rotatable bonds is 4. The van der Waals surface area contributed by atoms with Crippen molar-refractivity contribution in [3.8, 4) is 0 Å². The summed E-state index contributed by atoms with van der Waals surface area (Å²) in [5, 5.41) is 0.0894. The molecule has 2 N–H and O–H groups in total. The Hall–Kier alpha value is -1.69. The number of hydrogen-bond acceptors (Lipinski definition) is 6. The summed E-state index contributed by atoms with van der Waals surface area (Å²) in [4.78, 5) is 15.8.